The first-order chi connectivity index (χ1) is 10.6. The molecule has 22 heavy (non-hydrogen) atoms. The van der Waals surface area contributed by atoms with Gasteiger partial charge in [-0.05, 0) is 74.7 Å². The van der Waals surface area contributed by atoms with E-state index >= 15 is 0 Å². The fourth-order valence-corrected chi connectivity index (χ4v) is 6.67. The number of rotatable bonds is 1. The van der Waals surface area contributed by atoms with Crippen LogP contribution in [0, 0.1) is 29.1 Å². The van der Waals surface area contributed by atoms with Gasteiger partial charge in [-0.15, -0.1) is 0 Å². The number of hydrogen-bond acceptors (Lipinski definition) is 3. The van der Waals surface area contributed by atoms with Crippen LogP contribution >= 0.6 is 0 Å². The van der Waals surface area contributed by atoms with Crippen LogP contribution < -0.4 is 0 Å². The molecule has 0 radical (unpaired) electrons. The number of allylic oxidation sites excluding steroid dienone is 1. The van der Waals surface area contributed by atoms with Crippen LogP contribution in [0.25, 0.3) is 0 Å². The zero-order valence-electron chi connectivity index (χ0n) is 13.5. The zero-order chi connectivity index (χ0) is 15.5. The third-order valence-electron chi connectivity index (χ3n) is 7.61. The Morgan fingerprint density at radius 3 is 2.77 bits per heavy atom. The summed E-state index contributed by atoms with van der Waals surface area (Å²) in [5.74, 6) is 2.12. The molecule has 3 heteroatoms. The Morgan fingerprint density at radius 1 is 1.18 bits per heavy atom. The van der Waals surface area contributed by atoms with Crippen molar-refractivity contribution in [2.45, 2.75) is 70.5 Å². The number of fused-ring (bicyclic) bond motifs is 5. The van der Waals surface area contributed by atoms with E-state index < -0.39 is 0 Å². The molecule has 0 saturated heterocycles. The van der Waals surface area contributed by atoms with Gasteiger partial charge in [-0.2, -0.15) is 0 Å². The molecule has 4 aliphatic rings. The van der Waals surface area contributed by atoms with Crippen molar-refractivity contribution in [1.29, 1.82) is 0 Å². The van der Waals surface area contributed by atoms with Gasteiger partial charge < -0.3 is 10.2 Å². The minimum atomic E-state index is -0.309. The molecule has 5 unspecified atom stereocenters. The molecular weight excluding hydrogens is 276 g/mol. The Labute approximate surface area is 132 Å². The summed E-state index contributed by atoms with van der Waals surface area (Å²) < 4.78 is 0. The van der Waals surface area contributed by atoms with E-state index in [1.807, 2.05) is 6.08 Å². The molecule has 0 bridgehead atoms. The second kappa shape index (κ2) is 5.17. The first kappa shape index (κ1) is 14.9. The van der Waals surface area contributed by atoms with Gasteiger partial charge in [0.2, 0.25) is 0 Å². The lowest BCUT2D eigenvalue weighted by molar-refractivity contribution is -0.131. The van der Waals surface area contributed by atoms with E-state index in [1.165, 1.54) is 5.57 Å². The van der Waals surface area contributed by atoms with Crippen LogP contribution in [0.15, 0.2) is 11.6 Å². The predicted molar refractivity (Wildman–Crippen MR) is 84.1 cm³/mol. The van der Waals surface area contributed by atoms with E-state index in [1.54, 1.807) is 0 Å². The van der Waals surface area contributed by atoms with Gasteiger partial charge in [-0.3, -0.25) is 4.79 Å². The van der Waals surface area contributed by atoms with E-state index in [0.717, 1.165) is 44.9 Å². The lowest BCUT2D eigenvalue weighted by Crippen LogP contribution is -2.54. The molecule has 0 aromatic carbocycles. The summed E-state index contributed by atoms with van der Waals surface area (Å²) in [5.41, 5.74) is 1.26. The van der Waals surface area contributed by atoms with Crippen molar-refractivity contribution in [3.05, 3.63) is 11.6 Å². The van der Waals surface area contributed by atoms with E-state index in [9.17, 15) is 15.0 Å². The van der Waals surface area contributed by atoms with E-state index in [4.69, 9.17) is 0 Å². The first-order valence-electron chi connectivity index (χ1n) is 9.16. The summed E-state index contributed by atoms with van der Waals surface area (Å²) in [7, 11) is 0. The number of ketones is 1. The minimum absolute atomic E-state index is 0.0493. The van der Waals surface area contributed by atoms with E-state index in [-0.39, 0.29) is 23.4 Å². The molecule has 0 aromatic heterocycles. The summed E-state index contributed by atoms with van der Waals surface area (Å²) in [5, 5.41) is 21.5. The number of carbonyl (C=O) groups is 1. The quantitative estimate of drug-likeness (QED) is 0.783. The van der Waals surface area contributed by atoms with Crippen LogP contribution in [0.1, 0.15) is 58.3 Å². The van der Waals surface area contributed by atoms with Crippen molar-refractivity contribution in [3.63, 3.8) is 0 Å². The van der Waals surface area contributed by atoms with Gasteiger partial charge in [0, 0.05) is 11.8 Å². The fourth-order valence-electron chi connectivity index (χ4n) is 6.67. The predicted octanol–water partition coefficient (Wildman–Crippen LogP) is 2.85. The lowest BCUT2D eigenvalue weighted by Gasteiger charge is -2.56. The summed E-state index contributed by atoms with van der Waals surface area (Å²) in [6, 6.07) is 0. The van der Waals surface area contributed by atoms with E-state index in [2.05, 4.69) is 6.92 Å². The standard InChI is InChI=1S/C19H28O3/c1-2-19-10-16(21)18-13-6-4-12(20)9-11(13)3-5-14(18)15(19)7-8-17(19)22/h9,13-18,21-22H,2-8,10H2,1H3/t13?,14?,15?,16?,17-,18?,19-/m0/s1. The van der Waals surface area contributed by atoms with Crippen molar-refractivity contribution in [2.75, 3.05) is 0 Å². The molecule has 7 atom stereocenters. The van der Waals surface area contributed by atoms with Gasteiger partial charge in [-0.1, -0.05) is 12.5 Å². The Morgan fingerprint density at radius 2 is 2.00 bits per heavy atom. The second-order valence-electron chi connectivity index (χ2n) is 8.17. The topological polar surface area (TPSA) is 57.5 Å². The highest BCUT2D eigenvalue weighted by molar-refractivity contribution is 5.91. The smallest absolute Gasteiger partial charge is 0.155 e. The largest absolute Gasteiger partial charge is 0.393 e. The molecule has 3 fully saturated rings. The molecule has 122 valence electrons. The van der Waals surface area contributed by atoms with Crippen molar-refractivity contribution in [3.8, 4) is 0 Å². The van der Waals surface area contributed by atoms with Gasteiger partial charge in [0.25, 0.3) is 0 Å². The van der Waals surface area contributed by atoms with Gasteiger partial charge in [0.1, 0.15) is 0 Å². The molecule has 0 amide bonds. The number of carbonyl (C=O) groups excluding carboxylic acids is 1. The monoisotopic (exact) mass is 304 g/mol. The average molecular weight is 304 g/mol. The highest BCUT2D eigenvalue weighted by Crippen LogP contribution is 2.63. The molecule has 0 heterocycles. The number of hydrogen-bond donors (Lipinski definition) is 2. The molecule has 0 spiro atoms. The summed E-state index contributed by atoms with van der Waals surface area (Å²) in [6.07, 6.45) is 8.79. The molecular formula is C19H28O3. The first-order valence-corrected chi connectivity index (χ1v) is 9.16. The zero-order valence-corrected chi connectivity index (χ0v) is 13.5. The maximum Gasteiger partial charge on any atom is 0.155 e. The maximum atomic E-state index is 11.7. The van der Waals surface area contributed by atoms with Crippen molar-refractivity contribution < 1.29 is 15.0 Å². The number of aliphatic hydroxyl groups excluding tert-OH is 2. The molecule has 0 aromatic rings. The fraction of sp³-hybridized carbons (Fsp3) is 0.842. The highest BCUT2D eigenvalue weighted by atomic mass is 16.3. The van der Waals surface area contributed by atoms with Gasteiger partial charge in [-0.25, -0.2) is 0 Å². The molecule has 3 saturated carbocycles. The second-order valence-corrected chi connectivity index (χ2v) is 8.17. The SMILES string of the molecule is CC[C@]12CC(O)C3C4CCC(=O)C=C4CCC3C1CC[C@@H]2O. The Bertz CT molecular complexity index is 511. The van der Waals surface area contributed by atoms with Crippen LogP contribution in [-0.4, -0.2) is 28.2 Å². The third kappa shape index (κ3) is 1.91. The van der Waals surface area contributed by atoms with Crippen molar-refractivity contribution in [2.24, 2.45) is 29.1 Å². The summed E-state index contributed by atoms with van der Waals surface area (Å²) >= 11 is 0. The van der Waals surface area contributed by atoms with Crippen LogP contribution in [0.3, 0.4) is 0 Å². The Kier molecular flexibility index (Phi) is 3.50. The molecule has 3 nitrogen and oxygen atoms in total. The minimum Gasteiger partial charge on any atom is -0.393 e. The molecule has 0 aliphatic heterocycles. The third-order valence-corrected chi connectivity index (χ3v) is 7.61. The summed E-state index contributed by atoms with van der Waals surface area (Å²) in [6.45, 7) is 2.18. The Balaban J connectivity index is 1.69. The molecule has 4 aliphatic carbocycles. The molecule has 2 N–H and O–H groups in total. The van der Waals surface area contributed by atoms with Crippen molar-refractivity contribution >= 4 is 5.78 Å². The van der Waals surface area contributed by atoms with Crippen LogP contribution in [0.2, 0.25) is 0 Å². The average Bonchev–Trinajstić information content (AvgIpc) is 2.84. The van der Waals surface area contributed by atoms with Crippen LogP contribution in [-0.2, 0) is 4.79 Å². The van der Waals surface area contributed by atoms with Crippen LogP contribution in [0.5, 0.6) is 0 Å². The summed E-state index contributed by atoms with van der Waals surface area (Å²) in [4.78, 5) is 11.7. The van der Waals surface area contributed by atoms with Gasteiger partial charge in [0.15, 0.2) is 5.78 Å². The maximum absolute atomic E-state index is 11.7. The van der Waals surface area contributed by atoms with Crippen LogP contribution in [0.4, 0.5) is 0 Å². The lowest BCUT2D eigenvalue weighted by atomic mass is 9.50. The van der Waals surface area contributed by atoms with Gasteiger partial charge in [0.05, 0.1) is 12.2 Å². The molecule has 4 rings (SSSR count). The van der Waals surface area contributed by atoms with Crippen molar-refractivity contribution in [1.82, 2.24) is 0 Å². The van der Waals surface area contributed by atoms with E-state index in [0.29, 0.717) is 30.1 Å². The van der Waals surface area contributed by atoms with Gasteiger partial charge >= 0.3 is 0 Å². The highest BCUT2D eigenvalue weighted by Gasteiger charge is 2.60. The normalized spacial score (nSPS) is 50.9. The Hall–Kier alpha value is -0.670. The number of aliphatic hydroxyl groups is 2.